The van der Waals surface area contributed by atoms with Gasteiger partial charge in [0.1, 0.15) is 19.0 Å². The Kier molecular flexibility index (Phi) is 2.30. The molecule has 0 aromatic carbocycles. The van der Waals surface area contributed by atoms with Gasteiger partial charge in [0, 0.05) is 6.42 Å². The predicted molar refractivity (Wildman–Crippen MR) is 51.0 cm³/mol. The zero-order valence-corrected chi connectivity index (χ0v) is 8.25. The summed E-state index contributed by atoms with van der Waals surface area (Å²) in [5.74, 6) is 3.28. The Labute approximate surface area is 79.2 Å². The second-order valence-electron chi connectivity index (χ2n) is 3.96. The molecule has 1 heterocycles. The van der Waals surface area contributed by atoms with E-state index in [0.717, 1.165) is 17.9 Å². The largest absolute Gasteiger partial charge is 0.490 e. The molecular formula is C11H16O2. The van der Waals surface area contributed by atoms with Crippen molar-refractivity contribution in [2.45, 2.75) is 20.3 Å². The lowest BCUT2D eigenvalue weighted by atomic mass is 9.88. The lowest BCUT2D eigenvalue weighted by Crippen LogP contribution is -2.19. The summed E-state index contributed by atoms with van der Waals surface area (Å²) in [5.41, 5.74) is 0. The zero-order valence-electron chi connectivity index (χ0n) is 8.25. The summed E-state index contributed by atoms with van der Waals surface area (Å²) in [6.07, 6.45) is 5.30. The molecule has 2 aliphatic rings. The van der Waals surface area contributed by atoms with Crippen molar-refractivity contribution < 1.29 is 9.47 Å². The Morgan fingerprint density at radius 2 is 2.08 bits per heavy atom. The third kappa shape index (κ3) is 1.71. The van der Waals surface area contributed by atoms with Gasteiger partial charge in [-0.3, -0.25) is 0 Å². The molecule has 0 fully saturated rings. The molecule has 1 atom stereocenters. The Hall–Kier alpha value is -0.920. The summed E-state index contributed by atoms with van der Waals surface area (Å²) >= 11 is 0. The second kappa shape index (κ2) is 3.44. The molecule has 2 nitrogen and oxygen atoms in total. The van der Waals surface area contributed by atoms with Crippen LogP contribution in [0.5, 0.6) is 0 Å². The fraction of sp³-hybridized carbons (Fsp3) is 0.636. The maximum absolute atomic E-state index is 5.57. The molecule has 0 N–H and O–H groups in total. The van der Waals surface area contributed by atoms with Gasteiger partial charge < -0.3 is 9.47 Å². The molecule has 1 aliphatic heterocycles. The zero-order chi connectivity index (χ0) is 9.26. The third-order valence-corrected chi connectivity index (χ3v) is 2.66. The van der Waals surface area contributed by atoms with Gasteiger partial charge in [-0.05, 0) is 17.9 Å². The van der Waals surface area contributed by atoms with E-state index < -0.39 is 0 Å². The van der Waals surface area contributed by atoms with E-state index in [4.69, 9.17) is 9.47 Å². The van der Waals surface area contributed by atoms with E-state index in [1.54, 1.807) is 0 Å². The molecule has 2 heteroatoms. The van der Waals surface area contributed by atoms with Gasteiger partial charge in [-0.2, -0.15) is 0 Å². The molecule has 1 aliphatic carbocycles. The van der Waals surface area contributed by atoms with Crippen molar-refractivity contribution in [1.29, 1.82) is 0 Å². The third-order valence-electron chi connectivity index (χ3n) is 2.66. The maximum Gasteiger partial charge on any atom is 0.156 e. The number of rotatable bonds is 1. The van der Waals surface area contributed by atoms with Gasteiger partial charge in [0.25, 0.3) is 0 Å². The van der Waals surface area contributed by atoms with Gasteiger partial charge in [0.15, 0.2) is 5.76 Å². The topological polar surface area (TPSA) is 18.5 Å². The highest BCUT2D eigenvalue weighted by Crippen LogP contribution is 2.31. The summed E-state index contributed by atoms with van der Waals surface area (Å²) in [6.45, 7) is 5.88. The highest BCUT2D eigenvalue weighted by Gasteiger charge is 2.23. The van der Waals surface area contributed by atoms with Crippen molar-refractivity contribution >= 4 is 0 Å². The molecule has 2 rings (SSSR count). The Bertz CT molecular complexity index is 251. The molecule has 0 radical (unpaired) electrons. The average Bonchev–Trinajstić information content (AvgIpc) is 2.17. The van der Waals surface area contributed by atoms with E-state index in [1.807, 2.05) is 0 Å². The van der Waals surface area contributed by atoms with Crippen LogP contribution in [0.25, 0.3) is 0 Å². The van der Waals surface area contributed by atoms with E-state index in [1.165, 1.54) is 0 Å². The Morgan fingerprint density at radius 1 is 1.31 bits per heavy atom. The molecule has 0 aromatic rings. The standard InChI is InChI=1S/C11H16O2/c1-8(2)9-3-4-10-11(7-9)13-6-5-12-10/h3-4,8-9H,5-7H2,1-2H3. The van der Waals surface area contributed by atoms with Crippen LogP contribution in [0.2, 0.25) is 0 Å². The molecule has 0 amide bonds. The monoisotopic (exact) mass is 180 g/mol. The van der Waals surface area contributed by atoms with Crippen molar-refractivity contribution in [3.63, 3.8) is 0 Å². The van der Waals surface area contributed by atoms with Gasteiger partial charge >= 0.3 is 0 Å². The van der Waals surface area contributed by atoms with Crippen LogP contribution in [0.1, 0.15) is 20.3 Å². The van der Waals surface area contributed by atoms with E-state index >= 15 is 0 Å². The predicted octanol–water partition coefficient (Wildman–Crippen LogP) is 2.48. The van der Waals surface area contributed by atoms with Crippen molar-refractivity contribution in [1.82, 2.24) is 0 Å². The molecule has 0 bridgehead atoms. The van der Waals surface area contributed by atoms with Gasteiger partial charge in [0.05, 0.1) is 0 Å². The minimum Gasteiger partial charge on any atom is -0.490 e. The second-order valence-corrected chi connectivity index (χ2v) is 3.96. The van der Waals surface area contributed by atoms with Gasteiger partial charge in [0.2, 0.25) is 0 Å². The van der Waals surface area contributed by atoms with Gasteiger partial charge in [-0.1, -0.05) is 19.9 Å². The van der Waals surface area contributed by atoms with E-state index in [0.29, 0.717) is 25.0 Å². The lowest BCUT2D eigenvalue weighted by molar-refractivity contribution is 0.0574. The Balaban J connectivity index is 2.11. The molecule has 72 valence electrons. The van der Waals surface area contributed by atoms with Crippen LogP contribution in [-0.2, 0) is 9.47 Å². The summed E-state index contributed by atoms with van der Waals surface area (Å²) < 4.78 is 11.0. The molecule has 0 saturated carbocycles. The van der Waals surface area contributed by atoms with Crippen molar-refractivity contribution in [2.24, 2.45) is 11.8 Å². The molecule has 0 spiro atoms. The van der Waals surface area contributed by atoms with Crippen molar-refractivity contribution in [2.75, 3.05) is 13.2 Å². The van der Waals surface area contributed by atoms with Crippen LogP contribution in [0.3, 0.4) is 0 Å². The number of allylic oxidation sites excluding steroid dienone is 3. The quantitative estimate of drug-likeness (QED) is 0.617. The van der Waals surface area contributed by atoms with Crippen LogP contribution < -0.4 is 0 Å². The first-order valence-corrected chi connectivity index (χ1v) is 4.94. The minimum absolute atomic E-state index is 0.612. The van der Waals surface area contributed by atoms with Crippen LogP contribution in [0.15, 0.2) is 23.7 Å². The van der Waals surface area contributed by atoms with Gasteiger partial charge in [-0.25, -0.2) is 0 Å². The molecule has 13 heavy (non-hydrogen) atoms. The van der Waals surface area contributed by atoms with E-state index in [-0.39, 0.29) is 0 Å². The number of ether oxygens (including phenoxy) is 2. The Morgan fingerprint density at radius 3 is 2.85 bits per heavy atom. The molecule has 0 saturated heterocycles. The summed E-state index contributed by atoms with van der Waals surface area (Å²) in [6, 6.07) is 0. The average molecular weight is 180 g/mol. The first kappa shape index (κ1) is 8.67. The first-order valence-electron chi connectivity index (χ1n) is 4.94. The van der Waals surface area contributed by atoms with Crippen LogP contribution in [-0.4, -0.2) is 13.2 Å². The summed E-state index contributed by atoms with van der Waals surface area (Å²) in [7, 11) is 0. The van der Waals surface area contributed by atoms with Crippen molar-refractivity contribution in [3.05, 3.63) is 23.7 Å². The van der Waals surface area contributed by atoms with E-state index in [2.05, 4.69) is 26.0 Å². The maximum atomic E-state index is 5.57. The fourth-order valence-electron chi connectivity index (χ4n) is 1.72. The molecular weight excluding hydrogens is 164 g/mol. The highest BCUT2D eigenvalue weighted by molar-refractivity contribution is 5.23. The minimum atomic E-state index is 0.612. The normalized spacial score (nSPS) is 26.8. The molecule has 1 unspecified atom stereocenters. The lowest BCUT2D eigenvalue weighted by Gasteiger charge is -2.27. The highest BCUT2D eigenvalue weighted by atomic mass is 16.6. The summed E-state index contributed by atoms with van der Waals surface area (Å²) in [4.78, 5) is 0. The number of hydrogen-bond acceptors (Lipinski definition) is 2. The van der Waals surface area contributed by atoms with Gasteiger partial charge in [-0.15, -0.1) is 0 Å². The van der Waals surface area contributed by atoms with Crippen LogP contribution >= 0.6 is 0 Å². The fourth-order valence-corrected chi connectivity index (χ4v) is 1.72. The van der Waals surface area contributed by atoms with Crippen LogP contribution in [0.4, 0.5) is 0 Å². The van der Waals surface area contributed by atoms with Crippen LogP contribution in [0, 0.1) is 11.8 Å². The summed E-state index contributed by atoms with van der Waals surface area (Å²) in [5, 5.41) is 0. The van der Waals surface area contributed by atoms with E-state index in [9.17, 15) is 0 Å². The number of hydrogen-bond donors (Lipinski definition) is 0. The van der Waals surface area contributed by atoms with Crippen molar-refractivity contribution in [3.8, 4) is 0 Å². The SMILES string of the molecule is CC(C)C1C=CC2=C(C1)OCCO2. The smallest absolute Gasteiger partial charge is 0.156 e. The molecule has 0 aromatic heterocycles. The first-order chi connectivity index (χ1) is 6.27.